The molecule has 5 heteroatoms. The number of nitrogens with zero attached hydrogens (tertiary/aromatic N) is 3. The molecule has 0 saturated heterocycles. The van der Waals surface area contributed by atoms with E-state index < -0.39 is 0 Å². The third-order valence-corrected chi connectivity index (χ3v) is 2.51. The van der Waals surface area contributed by atoms with Crippen molar-refractivity contribution in [2.75, 3.05) is 0 Å². The van der Waals surface area contributed by atoms with Gasteiger partial charge in [-0.1, -0.05) is 12.2 Å². The number of aliphatic imine (C=N–C) groups is 1. The van der Waals surface area contributed by atoms with Crippen molar-refractivity contribution < 1.29 is 5.11 Å². The highest BCUT2D eigenvalue weighted by atomic mass is 16.3. The minimum Gasteiger partial charge on any atom is -0.492 e. The van der Waals surface area contributed by atoms with Gasteiger partial charge in [-0.05, 0) is 27.7 Å². The number of hydrogen-bond acceptors (Lipinski definition) is 3. The van der Waals surface area contributed by atoms with Crippen molar-refractivity contribution in [1.82, 2.24) is 5.01 Å². The van der Waals surface area contributed by atoms with Crippen molar-refractivity contribution in [2.45, 2.75) is 39.3 Å². The molecule has 1 aliphatic heterocycles. The highest BCUT2D eigenvalue weighted by Gasteiger charge is 2.36. The monoisotopic (exact) mass is 234 g/mol. The normalized spacial score (nSPS) is 25.5. The van der Waals surface area contributed by atoms with E-state index in [0.29, 0.717) is 17.1 Å². The fourth-order valence-corrected chi connectivity index (χ4v) is 1.61. The first-order valence-electron chi connectivity index (χ1n) is 5.61. The van der Waals surface area contributed by atoms with E-state index in [1.807, 2.05) is 32.9 Å². The number of nitrogens with two attached hydrogens (primary N) is 1. The molecule has 0 bridgehead atoms. The van der Waals surface area contributed by atoms with Gasteiger partial charge in [0.25, 0.3) is 0 Å². The van der Waals surface area contributed by atoms with Crippen LogP contribution >= 0.6 is 0 Å². The summed E-state index contributed by atoms with van der Waals surface area (Å²) in [5.74, 6) is 0.587. The van der Waals surface area contributed by atoms with Crippen molar-refractivity contribution in [2.24, 2.45) is 15.8 Å². The van der Waals surface area contributed by atoms with Gasteiger partial charge >= 0.3 is 0 Å². The Balaban J connectivity index is 2.45. The van der Waals surface area contributed by atoms with Crippen LogP contribution in [0.4, 0.5) is 0 Å². The molecule has 0 unspecified atom stereocenters. The molecular weight excluding hydrogens is 216 g/mol. The maximum Gasteiger partial charge on any atom is 0.241 e. The van der Waals surface area contributed by atoms with Gasteiger partial charge in [-0.3, -0.25) is 4.99 Å². The largest absolute Gasteiger partial charge is 0.492 e. The van der Waals surface area contributed by atoms with E-state index in [2.05, 4.69) is 10.1 Å². The number of hydrazone groups is 1. The Kier molecular flexibility index (Phi) is 2.49. The summed E-state index contributed by atoms with van der Waals surface area (Å²) in [7, 11) is 0. The minimum absolute atomic E-state index is 0.0562. The Morgan fingerprint density at radius 1 is 1.47 bits per heavy atom. The number of aliphatic hydroxyl groups excluding tert-OH is 1. The van der Waals surface area contributed by atoms with Crippen LogP contribution in [0.15, 0.2) is 33.5 Å². The van der Waals surface area contributed by atoms with Gasteiger partial charge in [-0.2, -0.15) is 0 Å². The minimum atomic E-state index is -0.251. The molecule has 1 heterocycles. The number of allylic oxidation sites excluding steroid dienone is 1. The third-order valence-electron chi connectivity index (χ3n) is 2.51. The van der Waals surface area contributed by atoms with E-state index in [0.717, 1.165) is 0 Å². The number of hydrogen-bond donors (Lipinski definition) is 2. The highest BCUT2D eigenvalue weighted by Crippen LogP contribution is 2.27. The lowest BCUT2D eigenvalue weighted by Crippen LogP contribution is -2.40. The average Bonchev–Trinajstić information content (AvgIpc) is 2.88. The second-order valence-corrected chi connectivity index (χ2v) is 5.29. The van der Waals surface area contributed by atoms with Crippen molar-refractivity contribution in [1.29, 1.82) is 0 Å². The van der Waals surface area contributed by atoms with Crippen LogP contribution in [0.2, 0.25) is 0 Å². The van der Waals surface area contributed by atoms with E-state index in [1.54, 1.807) is 11.9 Å². The lowest BCUT2D eigenvalue weighted by atomic mass is 10.1. The molecule has 0 atom stereocenters. The van der Waals surface area contributed by atoms with Gasteiger partial charge in [0.05, 0.1) is 11.6 Å². The molecule has 5 nitrogen and oxygen atoms in total. The van der Waals surface area contributed by atoms with Gasteiger partial charge < -0.3 is 10.8 Å². The lowest BCUT2D eigenvalue weighted by molar-refractivity contribution is 0.249. The van der Waals surface area contributed by atoms with Crippen LogP contribution in [0.3, 0.4) is 0 Å². The first-order chi connectivity index (χ1) is 7.80. The Morgan fingerprint density at radius 3 is 2.47 bits per heavy atom. The fourth-order valence-electron chi connectivity index (χ4n) is 1.61. The van der Waals surface area contributed by atoms with Gasteiger partial charge in [-0.25, -0.2) is 5.01 Å². The smallest absolute Gasteiger partial charge is 0.241 e. The molecule has 0 aromatic carbocycles. The van der Waals surface area contributed by atoms with Crippen molar-refractivity contribution in [3.63, 3.8) is 0 Å². The van der Waals surface area contributed by atoms with Crippen LogP contribution in [0.5, 0.6) is 0 Å². The first-order valence-corrected chi connectivity index (χ1v) is 5.61. The lowest BCUT2D eigenvalue weighted by Gasteiger charge is -2.29. The number of rotatable bonds is 1. The zero-order valence-electron chi connectivity index (χ0n) is 10.6. The van der Waals surface area contributed by atoms with E-state index in [4.69, 9.17) is 5.73 Å². The fraction of sp³-hybridized carbons (Fsp3) is 0.500. The summed E-state index contributed by atoms with van der Waals surface area (Å²) in [4.78, 5) is 4.51. The highest BCUT2D eigenvalue weighted by molar-refractivity contribution is 6.23. The molecule has 2 aliphatic rings. The van der Waals surface area contributed by atoms with Crippen molar-refractivity contribution >= 4 is 11.7 Å². The molecule has 0 fully saturated rings. The molecular formula is C12H18N4O. The van der Waals surface area contributed by atoms with Gasteiger partial charge in [-0.15, -0.1) is 5.10 Å². The van der Waals surface area contributed by atoms with E-state index >= 15 is 0 Å². The second-order valence-electron chi connectivity index (χ2n) is 5.29. The quantitative estimate of drug-likeness (QED) is 0.676. The summed E-state index contributed by atoms with van der Waals surface area (Å²) in [5.41, 5.74) is 6.60. The predicted molar refractivity (Wildman–Crippen MR) is 68.9 cm³/mol. The van der Waals surface area contributed by atoms with Crippen LogP contribution in [0.25, 0.3) is 0 Å². The maximum atomic E-state index is 9.87. The number of aliphatic hydroxyl groups is 1. The van der Waals surface area contributed by atoms with Crippen LogP contribution in [0.1, 0.15) is 27.7 Å². The summed E-state index contributed by atoms with van der Waals surface area (Å²) in [6.45, 7) is 7.76. The Labute approximate surface area is 101 Å². The molecule has 0 saturated carbocycles. The van der Waals surface area contributed by atoms with Gasteiger partial charge in [0.15, 0.2) is 5.84 Å². The Hall–Kier alpha value is -1.78. The summed E-state index contributed by atoms with van der Waals surface area (Å²) >= 11 is 0. The summed E-state index contributed by atoms with van der Waals surface area (Å²) in [6, 6.07) is 0.116. The second kappa shape index (κ2) is 3.61. The first kappa shape index (κ1) is 11.7. The zero-order valence-corrected chi connectivity index (χ0v) is 10.6. The summed E-state index contributed by atoms with van der Waals surface area (Å²) in [5, 5.41) is 15.7. The molecule has 2 rings (SSSR count). The number of amidine groups is 1. The van der Waals surface area contributed by atoms with Crippen molar-refractivity contribution in [3.05, 3.63) is 23.4 Å². The predicted octanol–water partition coefficient (Wildman–Crippen LogP) is 1.54. The summed E-state index contributed by atoms with van der Waals surface area (Å²) < 4.78 is 0. The standard InChI is InChI=1S/C12H18N4O/c1-7(13)9-10(14-8-5-6-8)16(12(2,3)4)15-11(9)17/h5-6,8H,13H2,1-4H3,(H,15,17)/b9-7-,14-10+. The molecule has 0 radical (unpaired) electrons. The average molecular weight is 234 g/mol. The Morgan fingerprint density at radius 2 is 2.06 bits per heavy atom. The third kappa shape index (κ3) is 2.18. The van der Waals surface area contributed by atoms with E-state index in [1.165, 1.54) is 0 Å². The molecule has 0 spiro atoms. The molecule has 92 valence electrons. The van der Waals surface area contributed by atoms with Gasteiger partial charge in [0.1, 0.15) is 5.57 Å². The molecule has 0 aromatic heterocycles. The molecule has 0 amide bonds. The van der Waals surface area contributed by atoms with Crippen LogP contribution in [0, 0.1) is 0 Å². The zero-order chi connectivity index (χ0) is 12.8. The van der Waals surface area contributed by atoms with Crippen molar-refractivity contribution in [3.8, 4) is 0 Å². The van der Waals surface area contributed by atoms with Crippen LogP contribution in [-0.4, -0.2) is 33.4 Å². The topological polar surface area (TPSA) is 74.2 Å². The SMILES string of the molecule is C/C(N)=C1/C(O)=NN(C(C)(C)C)/C1=N/C1C=C1. The van der Waals surface area contributed by atoms with Crippen LogP contribution < -0.4 is 5.73 Å². The molecule has 3 N–H and O–H groups in total. The maximum absolute atomic E-state index is 9.87. The van der Waals surface area contributed by atoms with E-state index in [9.17, 15) is 5.11 Å². The summed E-state index contributed by atoms with van der Waals surface area (Å²) in [6.07, 6.45) is 3.96. The van der Waals surface area contributed by atoms with E-state index in [-0.39, 0.29) is 17.5 Å². The Bertz CT molecular complexity index is 455. The van der Waals surface area contributed by atoms with Gasteiger partial charge in [0, 0.05) is 5.70 Å². The molecule has 1 aliphatic carbocycles. The molecule has 17 heavy (non-hydrogen) atoms. The van der Waals surface area contributed by atoms with Gasteiger partial charge in [0.2, 0.25) is 5.90 Å². The molecule has 0 aromatic rings. The van der Waals surface area contributed by atoms with Crippen LogP contribution in [-0.2, 0) is 0 Å².